The molecule has 4 heteroatoms. The van der Waals surface area contributed by atoms with Gasteiger partial charge in [-0.05, 0) is 148 Å². The molecule has 0 aliphatic heterocycles. The van der Waals surface area contributed by atoms with Crippen molar-refractivity contribution in [2.75, 3.05) is 0 Å². The Morgan fingerprint density at radius 1 is 0.200 bits per heavy atom. The third kappa shape index (κ3) is 6.17. The molecule has 0 bridgehead atoms. The Kier molecular flexibility index (Phi) is 8.73. The Morgan fingerprint density at radius 2 is 0.529 bits per heavy atom. The number of nitrogens with zero attached hydrogens (tertiary/aromatic N) is 2. The molecule has 11 aromatic carbocycles. The molecule has 0 atom stereocenters. The fourth-order valence-electron chi connectivity index (χ4n) is 11.2. The van der Waals surface area contributed by atoms with Gasteiger partial charge in [0.1, 0.15) is 0 Å². The summed E-state index contributed by atoms with van der Waals surface area (Å²) in [6.45, 7) is 0. The summed E-state index contributed by atoms with van der Waals surface area (Å²) in [7, 11) is 0. The minimum Gasteiger partial charge on any atom is -0.309 e. The average molecular weight is 925 g/mol. The molecular weight excluding hydrogens is 885 g/mol. The summed E-state index contributed by atoms with van der Waals surface area (Å²) in [5.41, 5.74) is 16.8. The molecule has 70 heavy (non-hydrogen) atoms. The van der Waals surface area contributed by atoms with Crippen LogP contribution in [0.2, 0.25) is 0 Å². The summed E-state index contributed by atoms with van der Waals surface area (Å²) in [5, 5.41) is 10.3. The molecule has 0 saturated heterocycles. The molecule has 2 nitrogen and oxygen atoms in total. The monoisotopic (exact) mass is 924 g/mol. The van der Waals surface area contributed by atoms with Crippen molar-refractivity contribution in [1.29, 1.82) is 0 Å². The molecule has 4 heterocycles. The number of para-hydroxylation sites is 2. The fraction of sp³-hybridized carbons (Fsp3) is 0. The van der Waals surface area contributed by atoms with Gasteiger partial charge in [-0.1, -0.05) is 140 Å². The van der Waals surface area contributed by atoms with Crippen LogP contribution in [0.15, 0.2) is 243 Å². The number of aromatic nitrogens is 2. The van der Waals surface area contributed by atoms with Gasteiger partial charge in [-0.3, -0.25) is 0 Å². The van der Waals surface area contributed by atoms with E-state index >= 15 is 0 Å². The highest BCUT2D eigenvalue weighted by Gasteiger charge is 2.18. The first kappa shape index (κ1) is 39.5. The van der Waals surface area contributed by atoms with E-state index in [0.29, 0.717) is 0 Å². The number of hydrogen-bond donors (Lipinski definition) is 0. The van der Waals surface area contributed by atoms with E-state index in [9.17, 15) is 0 Å². The largest absolute Gasteiger partial charge is 0.309 e. The van der Waals surface area contributed by atoms with E-state index < -0.39 is 0 Å². The van der Waals surface area contributed by atoms with Crippen LogP contribution in [0, 0.1) is 0 Å². The van der Waals surface area contributed by atoms with Gasteiger partial charge in [0.2, 0.25) is 0 Å². The van der Waals surface area contributed by atoms with Gasteiger partial charge in [0.05, 0.1) is 22.1 Å². The lowest BCUT2D eigenvalue weighted by Crippen LogP contribution is -1.94. The second-order valence-electron chi connectivity index (χ2n) is 18.5. The zero-order valence-electron chi connectivity index (χ0n) is 37.8. The fourth-order valence-corrected chi connectivity index (χ4v) is 13.4. The molecule has 15 rings (SSSR count). The molecule has 0 unspecified atom stereocenters. The highest BCUT2D eigenvalue weighted by Crippen LogP contribution is 2.42. The molecule has 0 radical (unpaired) electrons. The molecule has 0 amide bonds. The summed E-state index contributed by atoms with van der Waals surface area (Å²) in [4.78, 5) is 0. The zero-order chi connectivity index (χ0) is 45.9. The van der Waals surface area contributed by atoms with E-state index in [2.05, 4.69) is 252 Å². The van der Waals surface area contributed by atoms with Crippen molar-refractivity contribution in [3.05, 3.63) is 243 Å². The Morgan fingerprint density at radius 3 is 1.00 bits per heavy atom. The van der Waals surface area contributed by atoms with Crippen LogP contribution in [0.5, 0.6) is 0 Å². The molecular formula is C66H40N2S2. The quantitative estimate of drug-likeness (QED) is 0.157. The maximum Gasteiger partial charge on any atom is 0.0541 e. The van der Waals surface area contributed by atoms with Crippen LogP contribution in [-0.4, -0.2) is 9.13 Å². The van der Waals surface area contributed by atoms with Gasteiger partial charge < -0.3 is 9.13 Å². The van der Waals surface area contributed by atoms with Gasteiger partial charge in [-0.15, -0.1) is 22.7 Å². The minimum absolute atomic E-state index is 1.16. The second-order valence-corrected chi connectivity index (χ2v) is 20.6. The van der Waals surface area contributed by atoms with E-state index in [1.165, 1.54) is 128 Å². The van der Waals surface area contributed by atoms with Crippen LogP contribution in [0.3, 0.4) is 0 Å². The lowest BCUT2D eigenvalue weighted by molar-refractivity contribution is 1.18. The predicted octanol–water partition coefficient (Wildman–Crippen LogP) is 19.3. The van der Waals surface area contributed by atoms with Crippen LogP contribution in [0.4, 0.5) is 0 Å². The van der Waals surface area contributed by atoms with Crippen molar-refractivity contribution < 1.29 is 0 Å². The highest BCUT2D eigenvalue weighted by atomic mass is 32.1. The SMILES string of the molecule is c1cc(-c2ccc3c(c2)c2ccccc2n3-c2cccc(-c3ccc4sc5ccccc5c4c3)c2)cc(-c2ccc3c(c2)c2ccccc2n3-c2cccc(-c3ccc4sc5ccccc5c4c3)c2)c1. The molecule has 15 aromatic rings. The Bertz CT molecular complexity index is 4320. The predicted molar refractivity (Wildman–Crippen MR) is 303 cm³/mol. The van der Waals surface area contributed by atoms with Crippen LogP contribution in [0.25, 0.3) is 140 Å². The summed E-state index contributed by atoms with van der Waals surface area (Å²) in [6.07, 6.45) is 0. The first-order chi connectivity index (χ1) is 34.7. The number of fused-ring (bicyclic) bond motifs is 12. The summed E-state index contributed by atoms with van der Waals surface area (Å²) >= 11 is 3.73. The molecule has 0 fully saturated rings. The minimum atomic E-state index is 1.16. The average Bonchev–Trinajstić information content (AvgIpc) is 4.18. The molecule has 0 spiro atoms. The Balaban J connectivity index is 0.791. The summed E-state index contributed by atoms with van der Waals surface area (Å²) in [6, 6.07) is 90.0. The van der Waals surface area contributed by atoms with Crippen LogP contribution < -0.4 is 0 Å². The maximum absolute atomic E-state index is 2.43. The standard InChI is InChI=1S/C66H40N2S2/c1-5-22-59-51(18-1)55-37-45(26-30-61(55)67(59)49-16-10-14-43(35-49)47-28-32-65-57(39-47)53-20-3-7-24-63(53)69-65)41-12-9-13-42(34-41)46-27-31-62-56(38-46)52-19-2-6-23-60(52)68(62)50-17-11-15-44(36-50)48-29-33-66-58(40-48)54-21-4-8-25-64(54)70-66/h1-40H. The normalized spacial score (nSPS) is 12.0. The molecule has 0 N–H and O–H groups in total. The van der Waals surface area contributed by atoms with Crippen molar-refractivity contribution in [2.45, 2.75) is 0 Å². The number of hydrogen-bond acceptors (Lipinski definition) is 2. The van der Waals surface area contributed by atoms with E-state index in [4.69, 9.17) is 0 Å². The van der Waals surface area contributed by atoms with E-state index in [1.54, 1.807) is 0 Å². The Labute approximate surface area is 411 Å². The summed E-state index contributed by atoms with van der Waals surface area (Å²) in [5.74, 6) is 0. The van der Waals surface area contributed by atoms with Gasteiger partial charge in [0, 0.05) is 73.3 Å². The van der Waals surface area contributed by atoms with Gasteiger partial charge >= 0.3 is 0 Å². The molecule has 326 valence electrons. The Hall–Kier alpha value is -8.54. The topological polar surface area (TPSA) is 9.86 Å². The van der Waals surface area contributed by atoms with E-state index in [1.807, 2.05) is 22.7 Å². The molecule has 0 aliphatic carbocycles. The van der Waals surface area contributed by atoms with E-state index in [0.717, 1.165) is 11.4 Å². The first-order valence-corrected chi connectivity index (χ1v) is 25.5. The zero-order valence-corrected chi connectivity index (χ0v) is 39.4. The van der Waals surface area contributed by atoms with E-state index in [-0.39, 0.29) is 0 Å². The van der Waals surface area contributed by atoms with Crippen LogP contribution >= 0.6 is 22.7 Å². The maximum atomic E-state index is 2.43. The first-order valence-electron chi connectivity index (χ1n) is 23.9. The number of rotatable bonds is 6. The lowest BCUT2D eigenvalue weighted by Gasteiger charge is -2.12. The van der Waals surface area contributed by atoms with Crippen molar-refractivity contribution in [3.63, 3.8) is 0 Å². The highest BCUT2D eigenvalue weighted by molar-refractivity contribution is 7.26. The van der Waals surface area contributed by atoms with Gasteiger partial charge in [0.15, 0.2) is 0 Å². The smallest absolute Gasteiger partial charge is 0.0541 e. The van der Waals surface area contributed by atoms with Crippen LogP contribution in [-0.2, 0) is 0 Å². The second kappa shape index (κ2) is 15.5. The lowest BCUT2D eigenvalue weighted by atomic mass is 9.97. The van der Waals surface area contributed by atoms with Gasteiger partial charge in [0.25, 0.3) is 0 Å². The van der Waals surface area contributed by atoms with Crippen molar-refractivity contribution >= 4 is 107 Å². The number of benzene rings is 11. The number of thiophene rings is 2. The molecule has 0 saturated carbocycles. The van der Waals surface area contributed by atoms with Gasteiger partial charge in [-0.25, -0.2) is 0 Å². The van der Waals surface area contributed by atoms with Crippen molar-refractivity contribution in [2.24, 2.45) is 0 Å². The molecule has 0 aliphatic rings. The van der Waals surface area contributed by atoms with Crippen molar-refractivity contribution in [3.8, 4) is 55.9 Å². The third-order valence-corrected chi connectivity index (χ3v) is 16.8. The van der Waals surface area contributed by atoms with Gasteiger partial charge in [-0.2, -0.15) is 0 Å². The van der Waals surface area contributed by atoms with Crippen molar-refractivity contribution in [1.82, 2.24) is 9.13 Å². The molecule has 4 aromatic heterocycles. The summed E-state index contributed by atoms with van der Waals surface area (Å²) < 4.78 is 10.2. The van der Waals surface area contributed by atoms with Crippen LogP contribution in [0.1, 0.15) is 0 Å². The third-order valence-electron chi connectivity index (χ3n) is 14.5.